The smallest absolute Gasteiger partial charge is 0.322 e. The van der Waals surface area contributed by atoms with Gasteiger partial charge in [-0.25, -0.2) is 0 Å². The lowest BCUT2D eigenvalue weighted by Gasteiger charge is -2.13. The van der Waals surface area contributed by atoms with Crippen LogP contribution in [0, 0.1) is 0 Å². The Hall–Kier alpha value is -1.95. The molecule has 0 spiro atoms. The van der Waals surface area contributed by atoms with E-state index in [1.807, 2.05) is 0 Å². The van der Waals surface area contributed by atoms with Crippen LogP contribution < -0.4 is 5.32 Å². The molecule has 0 radical (unpaired) electrons. The Balaban J connectivity index is 2.70. The molecule has 1 unspecified atom stereocenters. The molecular formula is C11H15NO5. The number of phenolic OH excluding ortho intramolecular Hbond substituents is 3. The molecule has 6 nitrogen and oxygen atoms in total. The van der Waals surface area contributed by atoms with Crippen LogP contribution in [0.15, 0.2) is 12.1 Å². The molecule has 17 heavy (non-hydrogen) atoms. The zero-order valence-electron chi connectivity index (χ0n) is 9.60. The number of aromatic hydroxyl groups is 3. The first-order valence-electron chi connectivity index (χ1n) is 5.01. The number of phenols is 3. The first kappa shape index (κ1) is 13.1. The number of methoxy groups -OCH3 is 1. The summed E-state index contributed by atoms with van der Waals surface area (Å²) in [5.74, 6) is -1.80. The maximum atomic E-state index is 11.1. The van der Waals surface area contributed by atoms with Crippen molar-refractivity contribution in [2.24, 2.45) is 0 Å². The van der Waals surface area contributed by atoms with Gasteiger partial charge in [-0.2, -0.15) is 0 Å². The van der Waals surface area contributed by atoms with E-state index in [-0.39, 0.29) is 6.54 Å². The van der Waals surface area contributed by atoms with Gasteiger partial charge in [0.25, 0.3) is 0 Å². The van der Waals surface area contributed by atoms with Crippen LogP contribution in [-0.2, 0) is 16.1 Å². The topological polar surface area (TPSA) is 99.0 Å². The lowest BCUT2D eigenvalue weighted by Crippen LogP contribution is -2.34. The summed E-state index contributed by atoms with van der Waals surface area (Å²) >= 11 is 0. The third-order valence-electron chi connectivity index (χ3n) is 2.37. The fourth-order valence-electron chi connectivity index (χ4n) is 1.28. The van der Waals surface area contributed by atoms with Crippen molar-refractivity contribution in [1.82, 2.24) is 5.32 Å². The summed E-state index contributed by atoms with van der Waals surface area (Å²) in [4.78, 5) is 11.1. The quantitative estimate of drug-likeness (QED) is 0.451. The van der Waals surface area contributed by atoms with E-state index < -0.39 is 29.3 Å². The van der Waals surface area contributed by atoms with E-state index in [0.717, 1.165) is 0 Å². The number of rotatable bonds is 4. The van der Waals surface area contributed by atoms with E-state index in [4.69, 9.17) is 5.11 Å². The van der Waals surface area contributed by atoms with Crippen LogP contribution in [0.4, 0.5) is 0 Å². The molecule has 1 aromatic carbocycles. The second-order valence-electron chi connectivity index (χ2n) is 3.57. The molecule has 0 bridgehead atoms. The predicted molar refractivity (Wildman–Crippen MR) is 59.8 cm³/mol. The van der Waals surface area contributed by atoms with Crippen molar-refractivity contribution in [1.29, 1.82) is 0 Å². The summed E-state index contributed by atoms with van der Waals surface area (Å²) in [7, 11) is 1.28. The van der Waals surface area contributed by atoms with Gasteiger partial charge in [-0.3, -0.25) is 4.79 Å². The second-order valence-corrected chi connectivity index (χ2v) is 3.57. The lowest BCUT2D eigenvalue weighted by molar-refractivity contribution is -0.142. The Bertz CT molecular complexity index is 419. The van der Waals surface area contributed by atoms with Crippen molar-refractivity contribution in [2.45, 2.75) is 19.5 Å². The molecule has 4 N–H and O–H groups in total. The highest BCUT2D eigenvalue weighted by molar-refractivity contribution is 5.75. The third kappa shape index (κ3) is 3.01. The molecule has 6 heteroatoms. The Morgan fingerprint density at radius 1 is 1.35 bits per heavy atom. The van der Waals surface area contributed by atoms with Crippen molar-refractivity contribution in [3.05, 3.63) is 17.7 Å². The Morgan fingerprint density at radius 3 is 2.59 bits per heavy atom. The van der Waals surface area contributed by atoms with Gasteiger partial charge in [-0.15, -0.1) is 0 Å². The fraction of sp³-hybridized carbons (Fsp3) is 0.364. The zero-order chi connectivity index (χ0) is 13.0. The van der Waals surface area contributed by atoms with E-state index in [1.54, 1.807) is 6.92 Å². The summed E-state index contributed by atoms with van der Waals surface area (Å²) in [6.45, 7) is 1.78. The lowest BCUT2D eigenvalue weighted by atomic mass is 10.1. The second kappa shape index (κ2) is 5.40. The van der Waals surface area contributed by atoms with Crippen molar-refractivity contribution in [3.63, 3.8) is 0 Å². The van der Waals surface area contributed by atoms with Crippen LogP contribution in [0.3, 0.4) is 0 Å². The van der Waals surface area contributed by atoms with E-state index in [0.29, 0.717) is 5.56 Å². The Kier molecular flexibility index (Phi) is 4.17. The largest absolute Gasteiger partial charge is 0.504 e. The monoisotopic (exact) mass is 241 g/mol. The maximum absolute atomic E-state index is 11.1. The van der Waals surface area contributed by atoms with Crippen molar-refractivity contribution in [3.8, 4) is 17.2 Å². The highest BCUT2D eigenvalue weighted by atomic mass is 16.5. The summed E-state index contributed by atoms with van der Waals surface area (Å²) < 4.78 is 4.52. The van der Waals surface area contributed by atoms with Crippen LogP contribution in [0.5, 0.6) is 17.2 Å². The molecule has 94 valence electrons. The Labute approximate surface area is 98.5 Å². The normalized spacial score (nSPS) is 12.1. The summed E-state index contributed by atoms with van der Waals surface area (Å²) in [5, 5.41) is 30.7. The highest BCUT2D eigenvalue weighted by Gasteiger charge is 2.15. The van der Waals surface area contributed by atoms with Gasteiger partial charge in [0.15, 0.2) is 11.5 Å². The predicted octanol–water partition coefficient (Wildman–Crippen LogP) is 0.454. The van der Waals surface area contributed by atoms with Gasteiger partial charge in [0.1, 0.15) is 6.04 Å². The molecular weight excluding hydrogens is 226 g/mol. The molecule has 0 aliphatic rings. The minimum Gasteiger partial charge on any atom is -0.504 e. The average molecular weight is 241 g/mol. The number of benzene rings is 1. The van der Waals surface area contributed by atoms with Gasteiger partial charge >= 0.3 is 5.97 Å². The van der Waals surface area contributed by atoms with E-state index in [9.17, 15) is 15.0 Å². The van der Waals surface area contributed by atoms with Gasteiger partial charge in [0.2, 0.25) is 5.75 Å². The van der Waals surface area contributed by atoms with Crippen LogP contribution in [0.25, 0.3) is 0 Å². The molecule has 0 fully saturated rings. The number of carbonyl (C=O) groups excluding carboxylic acids is 1. The SMILES string of the molecule is COC(=O)C(C)NCc1ccc(O)c(O)c1O. The van der Waals surface area contributed by atoms with Gasteiger partial charge in [0, 0.05) is 12.1 Å². The molecule has 1 rings (SSSR count). The molecule has 0 amide bonds. The summed E-state index contributed by atoms with van der Waals surface area (Å²) in [6.07, 6.45) is 0. The fourth-order valence-corrected chi connectivity index (χ4v) is 1.28. The van der Waals surface area contributed by atoms with E-state index in [2.05, 4.69) is 10.1 Å². The van der Waals surface area contributed by atoms with Crippen LogP contribution in [0.1, 0.15) is 12.5 Å². The van der Waals surface area contributed by atoms with Gasteiger partial charge in [0.05, 0.1) is 7.11 Å². The molecule has 0 aliphatic carbocycles. The van der Waals surface area contributed by atoms with E-state index in [1.165, 1.54) is 19.2 Å². The summed E-state index contributed by atoms with van der Waals surface area (Å²) in [5.41, 5.74) is 0.371. The minimum absolute atomic E-state index is 0.163. The van der Waals surface area contributed by atoms with Crippen molar-refractivity contribution >= 4 is 5.97 Å². The molecule has 0 saturated carbocycles. The number of ether oxygens (including phenoxy) is 1. The van der Waals surface area contributed by atoms with Crippen LogP contribution in [0.2, 0.25) is 0 Å². The number of carbonyl (C=O) groups is 1. The molecule has 0 aromatic heterocycles. The number of esters is 1. The number of hydrogen-bond acceptors (Lipinski definition) is 6. The first-order valence-corrected chi connectivity index (χ1v) is 5.01. The van der Waals surface area contributed by atoms with Crippen molar-refractivity contribution < 1.29 is 24.9 Å². The summed E-state index contributed by atoms with van der Waals surface area (Å²) in [6, 6.07) is 2.17. The standard InChI is InChI=1S/C11H15NO5/c1-6(11(16)17-2)12-5-7-3-4-8(13)10(15)9(7)14/h3-4,6,12-15H,5H2,1-2H3. The van der Waals surface area contributed by atoms with Crippen molar-refractivity contribution in [2.75, 3.05) is 7.11 Å². The van der Waals surface area contributed by atoms with Crippen LogP contribution >= 0.6 is 0 Å². The zero-order valence-corrected chi connectivity index (χ0v) is 9.60. The molecule has 0 saturated heterocycles. The number of hydrogen-bond donors (Lipinski definition) is 4. The average Bonchev–Trinajstić information content (AvgIpc) is 2.33. The van der Waals surface area contributed by atoms with Gasteiger partial charge in [-0.05, 0) is 13.0 Å². The van der Waals surface area contributed by atoms with E-state index >= 15 is 0 Å². The Morgan fingerprint density at radius 2 is 2.00 bits per heavy atom. The molecule has 1 aromatic rings. The maximum Gasteiger partial charge on any atom is 0.322 e. The first-order chi connectivity index (χ1) is 7.97. The van der Waals surface area contributed by atoms with Gasteiger partial charge < -0.3 is 25.4 Å². The third-order valence-corrected chi connectivity index (χ3v) is 2.37. The van der Waals surface area contributed by atoms with Gasteiger partial charge in [-0.1, -0.05) is 6.07 Å². The minimum atomic E-state index is -0.574. The molecule has 0 heterocycles. The molecule has 1 atom stereocenters. The highest BCUT2D eigenvalue weighted by Crippen LogP contribution is 2.36. The van der Waals surface area contributed by atoms with Crippen LogP contribution in [-0.4, -0.2) is 34.4 Å². The number of nitrogens with one attached hydrogen (secondary N) is 1. The molecule has 0 aliphatic heterocycles.